The van der Waals surface area contributed by atoms with Gasteiger partial charge in [0.2, 0.25) is 5.91 Å². The molecule has 3 nitrogen and oxygen atoms in total. The van der Waals surface area contributed by atoms with E-state index in [0.29, 0.717) is 22.1 Å². The van der Waals surface area contributed by atoms with Crippen molar-refractivity contribution in [2.75, 3.05) is 11.1 Å². The molecule has 2 aromatic carbocycles. The van der Waals surface area contributed by atoms with Crippen molar-refractivity contribution in [3.05, 3.63) is 64.2 Å². The number of hydrogen-bond donors (Lipinski definition) is 1. The van der Waals surface area contributed by atoms with E-state index in [-0.39, 0.29) is 5.91 Å². The lowest BCUT2D eigenvalue weighted by Crippen LogP contribution is -2.14. The predicted molar refractivity (Wildman–Crippen MR) is 92.1 cm³/mol. The van der Waals surface area contributed by atoms with E-state index in [9.17, 15) is 4.79 Å². The minimum absolute atomic E-state index is 0.0492. The molecule has 0 atom stereocenters. The zero-order valence-corrected chi connectivity index (χ0v) is 13.7. The second-order valence-electron chi connectivity index (χ2n) is 4.81. The van der Waals surface area contributed by atoms with E-state index in [1.807, 2.05) is 31.2 Å². The summed E-state index contributed by atoms with van der Waals surface area (Å²) < 4.78 is 0. The Morgan fingerprint density at radius 2 is 2.14 bits per heavy atom. The molecule has 0 heterocycles. The molecule has 5 heteroatoms. The molecule has 2 aromatic rings. The molecule has 0 aliphatic heterocycles. The number of nitrogens with zero attached hydrogens (tertiary/aromatic N) is 1. The fourth-order valence-corrected chi connectivity index (χ4v) is 2.95. The van der Waals surface area contributed by atoms with Crippen molar-refractivity contribution in [2.24, 2.45) is 0 Å². The van der Waals surface area contributed by atoms with Gasteiger partial charge in [0.05, 0.1) is 17.4 Å². The number of carbonyl (C=O) groups excluding carboxylic acids is 1. The van der Waals surface area contributed by atoms with Crippen LogP contribution in [0.4, 0.5) is 5.69 Å². The smallest absolute Gasteiger partial charge is 0.234 e. The Labute approximate surface area is 139 Å². The molecule has 0 aliphatic carbocycles. The van der Waals surface area contributed by atoms with Crippen molar-refractivity contribution in [3.8, 4) is 6.07 Å². The van der Waals surface area contributed by atoms with Crippen LogP contribution in [0.5, 0.6) is 0 Å². The Bertz CT molecular complexity index is 725. The molecule has 0 fully saturated rings. The summed E-state index contributed by atoms with van der Waals surface area (Å²) >= 11 is 7.40. The van der Waals surface area contributed by atoms with Crippen LogP contribution in [0.3, 0.4) is 0 Å². The summed E-state index contributed by atoms with van der Waals surface area (Å²) in [5.41, 5.74) is 3.40. The zero-order chi connectivity index (χ0) is 15.9. The highest BCUT2D eigenvalue weighted by molar-refractivity contribution is 7.99. The lowest BCUT2D eigenvalue weighted by Gasteiger charge is -2.08. The van der Waals surface area contributed by atoms with E-state index in [4.69, 9.17) is 16.9 Å². The molecule has 0 aromatic heterocycles. The second-order valence-corrected chi connectivity index (χ2v) is 6.23. The first-order chi connectivity index (χ1) is 10.6. The average Bonchev–Trinajstić information content (AvgIpc) is 2.50. The zero-order valence-electron chi connectivity index (χ0n) is 12.1. The second kappa shape index (κ2) is 7.88. The first kappa shape index (κ1) is 16.4. The van der Waals surface area contributed by atoms with Crippen molar-refractivity contribution >= 4 is 35.0 Å². The molecule has 0 unspecified atom stereocenters. The van der Waals surface area contributed by atoms with E-state index in [0.717, 1.165) is 16.8 Å². The van der Waals surface area contributed by atoms with Gasteiger partial charge in [0.25, 0.3) is 0 Å². The molecule has 0 spiro atoms. The number of benzene rings is 2. The number of nitrogens with one attached hydrogen (secondary N) is 1. The lowest BCUT2D eigenvalue weighted by molar-refractivity contribution is -0.113. The number of hydrogen-bond acceptors (Lipinski definition) is 3. The summed E-state index contributed by atoms with van der Waals surface area (Å²) in [5, 5.41) is 12.4. The summed E-state index contributed by atoms with van der Waals surface area (Å²) in [6.45, 7) is 1.90. The quantitative estimate of drug-likeness (QED) is 0.884. The molecular weight excluding hydrogens is 316 g/mol. The number of rotatable bonds is 5. The Hall–Kier alpha value is -1.96. The van der Waals surface area contributed by atoms with E-state index in [2.05, 4.69) is 11.4 Å². The predicted octanol–water partition coefficient (Wildman–Crippen LogP) is 4.39. The number of halogens is 1. The Kier molecular flexibility index (Phi) is 5.88. The molecule has 0 bridgehead atoms. The highest BCUT2D eigenvalue weighted by Crippen LogP contribution is 2.20. The molecule has 2 rings (SSSR count). The highest BCUT2D eigenvalue weighted by Gasteiger charge is 2.06. The molecule has 0 aliphatic rings. The first-order valence-electron chi connectivity index (χ1n) is 6.71. The molecule has 0 saturated carbocycles. The van der Waals surface area contributed by atoms with E-state index in [1.165, 1.54) is 11.8 Å². The van der Waals surface area contributed by atoms with Crippen LogP contribution in [0.1, 0.15) is 16.7 Å². The summed E-state index contributed by atoms with van der Waals surface area (Å²) in [5.74, 6) is 1.01. The number of nitriles is 1. The Balaban J connectivity index is 1.84. The number of aryl methyl sites for hydroxylation is 1. The molecule has 112 valence electrons. The molecule has 0 radical (unpaired) electrons. The third-order valence-corrected chi connectivity index (χ3v) is 4.26. The molecule has 0 saturated heterocycles. The van der Waals surface area contributed by atoms with Crippen molar-refractivity contribution in [1.82, 2.24) is 0 Å². The summed E-state index contributed by atoms with van der Waals surface area (Å²) in [6.07, 6.45) is 0. The number of carbonyl (C=O) groups is 1. The van der Waals surface area contributed by atoms with Gasteiger partial charge in [-0.25, -0.2) is 0 Å². The van der Waals surface area contributed by atoms with E-state index in [1.54, 1.807) is 18.2 Å². The maximum Gasteiger partial charge on any atom is 0.234 e. The van der Waals surface area contributed by atoms with Crippen molar-refractivity contribution < 1.29 is 4.79 Å². The fraction of sp³-hybridized carbons (Fsp3) is 0.176. The largest absolute Gasteiger partial charge is 0.325 e. The van der Waals surface area contributed by atoms with Gasteiger partial charge in [-0.15, -0.1) is 11.8 Å². The van der Waals surface area contributed by atoms with Crippen molar-refractivity contribution in [2.45, 2.75) is 12.7 Å². The maximum atomic E-state index is 11.9. The highest BCUT2D eigenvalue weighted by atomic mass is 35.5. The van der Waals surface area contributed by atoms with Gasteiger partial charge in [-0.05, 0) is 48.4 Å². The summed E-state index contributed by atoms with van der Waals surface area (Å²) in [7, 11) is 0. The molecule has 1 amide bonds. The van der Waals surface area contributed by atoms with Gasteiger partial charge in [-0.1, -0.05) is 23.7 Å². The maximum absolute atomic E-state index is 11.9. The van der Waals surface area contributed by atoms with Gasteiger partial charge in [0.15, 0.2) is 0 Å². The number of anilines is 1. The van der Waals surface area contributed by atoms with Crippen LogP contribution in [0.15, 0.2) is 42.5 Å². The summed E-state index contributed by atoms with van der Waals surface area (Å²) in [4.78, 5) is 11.9. The first-order valence-corrected chi connectivity index (χ1v) is 8.24. The van der Waals surface area contributed by atoms with Crippen LogP contribution >= 0.6 is 23.4 Å². The molecular formula is C17H15ClN2OS. The van der Waals surface area contributed by atoms with Gasteiger partial charge in [0, 0.05) is 16.5 Å². The minimum atomic E-state index is -0.0492. The van der Waals surface area contributed by atoms with Crippen LogP contribution in [0, 0.1) is 18.3 Å². The van der Waals surface area contributed by atoms with Crippen LogP contribution in [0.2, 0.25) is 5.02 Å². The Morgan fingerprint density at radius 3 is 2.86 bits per heavy atom. The van der Waals surface area contributed by atoms with Crippen LogP contribution in [-0.4, -0.2) is 11.7 Å². The SMILES string of the molecule is Cc1cc(Cl)ccc1NC(=O)CSCc1cccc(C#N)c1. The van der Waals surface area contributed by atoms with Crippen LogP contribution in [-0.2, 0) is 10.5 Å². The van der Waals surface area contributed by atoms with Gasteiger partial charge < -0.3 is 5.32 Å². The van der Waals surface area contributed by atoms with Gasteiger partial charge in [0.1, 0.15) is 0 Å². The van der Waals surface area contributed by atoms with Crippen molar-refractivity contribution in [3.63, 3.8) is 0 Å². The third-order valence-electron chi connectivity index (χ3n) is 3.02. The van der Waals surface area contributed by atoms with E-state index >= 15 is 0 Å². The van der Waals surface area contributed by atoms with Gasteiger partial charge in [-0.2, -0.15) is 5.26 Å². The minimum Gasteiger partial charge on any atom is -0.325 e. The normalized spacial score (nSPS) is 10.0. The van der Waals surface area contributed by atoms with Gasteiger partial charge in [-0.3, -0.25) is 4.79 Å². The topological polar surface area (TPSA) is 52.9 Å². The van der Waals surface area contributed by atoms with Crippen molar-refractivity contribution in [1.29, 1.82) is 5.26 Å². The van der Waals surface area contributed by atoms with Crippen LogP contribution in [0.25, 0.3) is 0 Å². The fourth-order valence-electron chi connectivity index (χ4n) is 1.95. The monoisotopic (exact) mass is 330 g/mol. The van der Waals surface area contributed by atoms with E-state index < -0.39 is 0 Å². The standard InChI is InChI=1S/C17H15ClN2OS/c1-12-7-15(18)5-6-16(12)20-17(21)11-22-10-14-4-2-3-13(8-14)9-19/h2-8H,10-11H2,1H3,(H,20,21). The third kappa shape index (κ3) is 4.80. The van der Waals surface area contributed by atoms with Crippen LogP contribution < -0.4 is 5.32 Å². The summed E-state index contributed by atoms with van der Waals surface area (Å²) in [6, 6.07) is 14.9. The lowest BCUT2D eigenvalue weighted by atomic mass is 10.2. The Morgan fingerprint density at radius 1 is 1.32 bits per heavy atom. The van der Waals surface area contributed by atoms with Gasteiger partial charge >= 0.3 is 0 Å². The molecule has 22 heavy (non-hydrogen) atoms. The molecule has 1 N–H and O–H groups in total. The average molecular weight is 331 g/mol. The number of thioether (sulfide) groups is 1. The number of amides is 1.